The van der Waals surface area contributed by atoms with Gasteiger partial charge in [-0.2, -0.15) is 5.26 Å². The van der Waals surface area contributed by atoms with Gasteiger partial charge in [0.1, 0.15) is 7.85 Å². The highest BCUT2D eigenvalue weighted by Gasteiger charge is 1.64. The van der Waals surface area contributed by atoms with Gasteiger partial charge in [-0.3, -0.25) is 0 Å². The van der Waals surface area contributed by atoms with Gasteiger partial charge >= 0.3 is 0 Å². The van der Waals surface area contributed by atoms with Crippen LogP contribution in [0.3, 0.4) is 0 Å². The van der Waals surface area contributed by atoms with Crippen LogP contribution in [-0.4, -0.2) is 7.85 Å². The van der Waals surface area contributed by atoms with Crippen LogP contribution in [-0.2, 0) is 0 Å². The van der Waals surface area contributed by atoms with Gasteiger partial charge in [0.2, 0.25) is 0 Å². The van der Waals surface area contributed by atoms with Crippen LogP contribution in [0.15, 0.2) is 12.1 Å². The van der Waals surface area contributed by atoms with Gasteiger partial charge in [0, 0.05) is 0 Å². The van der Waals surface area contributed by atoms with Crippen molar-refractivity contribution in [3.05, 3.63) is 12.1 Å². The Labute approximate surface area is 32.3 Å². The highest BCUT2D eigenvalue weighted by molar-refractivity contribution is 6.23. The SMILES string of the molecule is [B]C(=C)C#N. The van der Waals surface area contributed by atoms with Crippen LogP contribution in [0.4, 0.5) is 0 Å². The molecule has 2 radical (unpaired) electrons. The summed E-state index contributed by atoms with van der Waals surface area (Å²) < 4.78 is 0. The first-order chi connectivity index (χ1) is 2.27. The lowest BCUT2D eigenvalue weighted by Gasteiger charge is -1.61. The third kappa shape index (κ3) is 3.29. The Morgan fingerprint density at radius 1 is 2.00 bits per heavy atom. The van der Waals surface area contributed by atoms with Crippen molar-refractivity contribution in [1.29, 1.82) is 5.26 Å². The number of nitriles is 1. The van der Waals surface area contributed by atoms with E-state index in [1.165, 1.54) is 0 Å². The lowest BCUT2D eigenvalue weighted by molar-refractivity contribution is 1.53. The monoisotopic (exact) mass is 63.0 g/mol. The minimum atomic E-state index is 0.0602. The van der Waals surface area contributed by atoms with E-state index in [4.69, 9.17) is 13.1 Å². The standard InChI is InChI=1S/C3H2BN/c1-3(4)2-5/h1H2. The normalized spacial score (nSPS) is 5.40. The number of allylic oxidation sites excluding steroid dienone is 1. The number of nitrogens with zero attached hydrogens (tertiary/aromatic N) is 1. The fourth-order valence-electron chi connectivity index (χ4n) is 0. The average Bonchev–Trinajstić information content (AvgIpc) is 1.38. The van der Waals surface area contributed by atoms with Crippen LogP contribution in [0, 0.1) is 11.3 Å². The third-order valence-corrected chi connectivity index (χ3v) is 0.144. The summed E-state index contributed by atoms with van der Waals surface area (Å²) in [5, 5.41) is 7.67. The topological polar surface area (TPSA) is 23.8 Å². The molecular weight excluding hydrogens is 60.9 g/mol. The molecule has 0 fully saturated rings. The molecule has 0 heterocycles. The van der Waals surface area contributed by atoms with Crippen LogP contribution in [0.1, 0.15) is 0 Å². The zero-order valence-electron chi connectivity index (χ0n) is 2.73. The minimum absolute atomic E-state index is 0.0602. The number of hydrogen-bond acceptors (Lipinski definition) is 1. The fraction of sp³-hybridized carbons (Fsp3) is 0. The van der Waals surface area contributed by atoms with Crippen molar-refractivity contribution in [2.24, 2.45) is 0 Å². The molecule has 1 nitrogen and oxygen atoms in total. The molecule has 0 amide bonds. The quantitative estimate of drug-likeness (QED) is 0.291. The van der Waals surface area contributed by atoms with Crippen molar-refractivity contribution < 1.29 is 0 Å². The van der Waals surface area contributed by atoms with Gasteiger partial charge in [-0.1, -0.05) is 6.58 Å². The van der Waals surface area contributed by atoms with E-state index in [0.717, 1.165) is 0 Å². The molecule has 0 bridgehead atoms. The number of hydrogen-bond donors (Lipinski definition) is 0. The molecule has 5 heavy (non-hydrogen) atoms. The zero-order valence-corrected chi connectivity index (χ0v) is 2.73. The van der Waals surface area contributed by atoms with Crippen LogP contribution in [0.5, 0.6) is 0 Å². The lowest BCUT2D eigenvalue weighted by atomic mass is 10.0. The molecule has 0 unspecified atom stereocenters. The molecule has 0 aromatic heterocycles. The summed E-state index contributed by atoms with van der Waals surface area (Å²) in [6, 6.07) is 1.61. The Balaban J connectivity index is 3.35. The van der Waals surface area contributed by atoms with E-state index in [0.29, 0.717) is 0 Å². The lowest BCUT2D eigenvalue weighted by Crippen LogP contribution is -1.63. The smallest absolute Gasteiger partial charge is 0.128 e. The second-order valence-corrected chi connectivity index (χ2v) is 0.637. The molecule has 0 aromatic rings. The highest BCUT2D eigenvalue weighted by Crippen LogP contribution is 1.66. The molecule has 22 valence electrons. The van der Waals surface area contributed by atoms with Crippen molar-refractivity contribution in [1.82, 2.24) is 0 Å². The van der Waals surface area contributed by atoms with E-state index in [9.17, 15) is 0 Å². The van der Waals surface area contributed by atoms with Gasteiger partial charge in [-0.05, 0) is 5.47 Å². The molecule has 0 N–H and O–H groups in total. The summed E-state index contributed by atoms with van der Waals surface area (Å²) in [4.78, 5) is 0. The van der Waals surface area contributed by atoms with Crippen molar-refractivity contribution >= 4 is 7.85 Å². The third-order valence-electron chi connectivity index (χ3n) is 0.144. The van der Waals surface area contributed by atoms with E-state index in [1.807, 2.05) is 0 Å². The summed E-state index contributed by atoms with van der Waals surface area (Å²) >= 11 is 0. The van der Waals surface area contributed by atoms with Gasteiger partial charge in [0.05, 0.1) is 6.07 Å². The maximum Gasteiger partial charge on any atom is 0.128 e. The predicted molar refractivity (Wildman–Crippen MR) is 20.5 cm³/mol. The maximum absolute atomic E-state index is 7.67. The van der Waals surface area contributed by atoms with Crippen LogP contribution < -0.4 is 0 Å². The van der Waals surface area contributed by atoms with Gasteiger partial charge in [-0.15, -0.1) is 0 Å². The zero-order chi connectivity index (χ0) is 4.28. The van der Waals surface area contributed by atoms with E-state index in [1.54, 1.807) is 6.07 Å². The van der Waals surface area contributed by atoms with Gasteiger partial charge in [0.25, 0.3) is 0 Å². The molecule has 0 aliphatic carbocycles. The van der Waals surface area contributed by atoms with Gasteiger partial charge < -0.3 is 0 Å². The Bertz CT molecular complexity index is 79.4. The molecule has 0 spiro atoms. The van der Waals surface area contributed by atoms with Crippen molar-refractivity contribution in [3.8, 4) is 6.07 Å². The van der Waals surface area contributed by atoms with Crippen LogP contribution >= 0.6 is 0 Å². The molecule has 0 rings (SSSR count). The Morgan fingerprint density at radius 2 is 2.20 bits per heavy atom. The second kappa shape index (κ2) is 1.60. The largest absolute Gasteiger partial charge is 0.194 e. The molecule has 0 aliphatic rings. The van der Waals surface area contributed by atoms with Crippen LogP contribution in [0.25, 0.3) is 0 Å². The molecule has 0 saturated heterocycles. The summed E-state index contributed by atoms with van der Waals surface area (Å²) in [6.45, 7) is 3.09. The van der Waals surface area contributed by atoms with Crippen LogP contribution in [0.2, 0.25) is 0 Å². The first-order valence-corrected chi connectivity index (χ1v) is 1.12. The second-order valence-electron chi connectivity index (χ2n) is 0.637. The predicted octanol–water partition coefficient (Wildman–Crippen LogP) is 0.192. The Morgan fingerprint density at radius 3 is 2.20 bits per heavy atom. The summed E-state index contributed by atoms with van der Waals surface area (Å²) in [5.74, 6) is 0. The maximum atomic E-state index is 7.67. The Hall–Kier alpha value is -0.705. The summed E-state index contributed by atoms with van der Waals surface area (Å²) in [5.41, 5.74) is 0.0602. The fourth-order valence-corrected chi connectivity index (χ4v) is 0. The van der Waals surface area contributed by atoms with E-state index in [-0.39, 0.29) is 5.47 Å². The Kier molecular flexibility index (Phi) is 1.37. The van der Waals surface area contributed by atoms with Crippen molar-refractivity contribution in [3.63, 3.8) is 0 Å². The first kappa shape index (κ1) is 4.29. The highest BCUT2D eigenvalue weighted by atomic mass is 14.2. The van der Waals surface area contributed by atoms with Crippen molar-refractivity contribution in [2.45, 2.75) is 0 Å². The molecule has 0 saturated carbocycles. The average molecular weight is 62.9 g/mol. The molecular formula is C3H2BN. The van der Waals surface area contributed by atoms with Gasteiger partial charge in [-0.25, -0.2) is 0 Å². The first-order valence-electron chi connectivity index (χ1n) is 1.12. The molecule has 0 aromatic carbocycles. The molecule has 2 heteroatoms. The summed E-state index contributed by atoms with van der Waals surface area (Å²) in [6.07, 6.45) is 0. The minimum Gasteiger partial charge on any atom is -0.194 e. The molecule has 0 aliphatic heterocycles. The van der Waals surface area contributed by atoms with E-state index in [2.05, 4.69) is 6.58 Å². The van der Waals surface area contributed by atoms with Crippen molar-refractivity contribution in [2.75, 3.05) is 0 Å². The van der Waals surface area contributed by atoms with E-state index >= 15 is 0 Å². The molecule has 0 atom stereocenters. The van der Waals surface area contributed by atoms with Gasteiger partial charge in [0.15, 0.2) is 0 Å². The summed E-state index contributed by atoms with van der Waals surface area (Å²) in [7, 11) is 4.74. The van der Waals surface area contributed by atoms with E-state index < -0.39 is 0 Å². The number of rotatable bonds is 0.